The third-order valence-corrected chi connectivity index (χ3v) is 2.89. The van der Waals surface area contributed by atoms with Gasteiger partial charge in [0.15, 0.2) is 0 Å². The lowest BCUT2D eigenvalue weighted by molar-refractivity contribution is -0.387. The molecule has 0 atom stereocenters. The molecule has 116 valence electrons. The number of nitro groups is 1. The quantitative estimate of drug-likeness (QED) is 0.667. The molecule has 1 aromatic carbocycles. The smallest absolute Gasteiger partial charge is 0.392 e. The van der Waals surface area contributed by atoms with Crippen LogP contribution in [0.2, 0.25) is 0 Å². The summed E-state index contributed by atoms with van der Waals surface area (Å²) in [5.41, 5.74) is -0.915. The minimum atomic E-state index is -1.06. The average molecular weight is 305 g/mol. The Labute approximate surface area is 126 Å². The van der Waals surface area contributed by atoms with Gasteiger partial charge in [-0.15, -0.1) is 0 Å². The minimum Gasteiger partial charge on any atom is -0.476 e. The highest BCUT2D eigenvalue weighted by Gasteiger charge is 2.26. The van der Waals surface area contributed by atoms with E-state index in [1.165, 1.54) is 7.11 Å². The van der Waals surface area contributed by atoms with Crippen LogP contribution in [0.15, 0.2) is 30.6 Å². The van der Waals surface area contributed by atoms with Crippen LogP contribution in [0.1, 0.15) is 19.4 Å². The summed E-state index contributed by atoms with van der Waals surface area (Å²) in [7, 11) is 1.27. The van der Waals surface area contributed by atoms with E-state index in [-0.39, 0.29) is 11.8 Å². The van der Waals surface area contributed by atoms with Gasteiger partial charge in [-0.05, 0) is 31.5 Å². The number of hydrogen-bond acceptors (Lipinski definition) is 7. The van der Waals surface area contributed by atoms with Crippen LogP contribution in [0.25, 0.3) is 0 Å². The average Bonchev–Trinajstić information content (AvgIpc) is 2.46. The van der Waals surface area contributed by atoms with Crippen molar-refractivity contribution in [3.05, 3.63) is 46.3 Å². The number of nitrogens with zero attached hydrogens (tertiary/aromatic N) is 3. The monoisotopic (exact) mass is 305 g/mol. The summed E-state index contributed by atoms with van der Waals surface area (Å²) >= 11 is 0. The van der Waals surface area contributed by atoms with E-state index >= 15 is 0 Å². The van der Waals surface area contributed by atoms with Gasteiger partial charge in [-0.25, -0.2) is 0 Å². The molecule has 0 aliphatic carbocycles. The molecule has 0 radical (unpaired) electrons. The maximum atomic E-state index is 11.1. The molecule has 0 fully saturated rings. The molecule has 0 saturated carbocycles. The van der Waals surface area contributed by atoms with Gasteiger partial charge < -0.3 is 14.6 Å². The van der Waals surface area contributed by atoms with Gasteiger partial charge in [0, 0.05) is 0 Å². The fraction of sp³-hybridized carbons (Fsp3) is 0.286. The number of rotatable bonds is 5. The predicted octanol–water partition coefficient (Wildman–Crippen LogP) is 2.41. The lowest BCUT2D eigenvalue weighted by Crippen LogP contribution is -2.15. The van der Waals surface area contributed by atoms with Crippen LogP contribution in [0, 0.1) is 10.1 Å². The topological polar surface area (TPSA) is 108 Å². The molecule has 0 aliphatic heterocycles. The molecular formula is C14H15N3O5. The summed E-state index contributed by atoms with van der Waals surface area (Å²) in [6.45, 7) is 3.25. The Morgan fingerprint density at radius 3 is 2.55 bits per heavy atom. The van der Waals surface area contributed by atoms with Crippen LogP contribution in [0.4, 0.5) is 5.69 Å². The Bertz CT molecular complexity index is 697. The molecule has 22 heavy (non-hydrogen) atoms. The van der Waals surface area contributed by atoms with Crippen molar-refractivity contribution in [2.24, 2.45) is 0 Å². The Morgan fingerprint density at radius 1 is 1.27 bits per heavy atom. The first kappa shape index (κ1) is 15.6. The van der Waals surface area contributed by atoms with Gasteiger partial charge in [-0.1, -0.05) is 12.1 Å². The molecule has 2 aromatic rings. The molecule has 2 rings (SSSR count). The van der Waals surface area contributed by atoms with Gasteiger partial charge in [-0.2, -0.15) is 9.97 Å². The Kier molecular flexibility index (Phi) is 4.22. The zero-order chi connectivity index (χ0) is 16.3. The molecule has 0 aliphatic rings. The normalized spacial score (nSPS) is 11.1. The van der Waals surface area contributed by atoms with Crippen LogP contribution in [0.3, 0.4) is 0 Å². The number of ether oxygens (including phenoxy) is 2. The van der Waals surface area contributed by atoms with Crippen molar-refractivity contribution in [2.75, 3.05) is 7.11 Å². The fourth-order valence-corrected chi connectivity index (χ4v) is 1.78. The number of methoxy groups -OCH3 is 1. The second kappa shape index (κ2) is 5.94. The fourth-order valence-electron chi connectivity index (χ4n) is 1.78. The zero-order valence-electron chi connectivity index (χ0n) is 12.3. The number of aromatic nitrogens is 2. The first-order valence-corrected chi connectivity index (χ1v) is 6.37. The molecule has 8 heteroatoms. The summed E-state index contributed by atoms with van der Waals surface area (Å²) < 4.78 is 10.3. The lowest BCUT2D eigenvalue weighted by Gasteiger charge is -2.18. The van der Waals surface area contributed by atoms with Crippen LogP contribution in [0.5, 0.6) is 17.5 Å². The lowest BCUT2D eigenvalue weighted by atomic mass is 9.98. The van der Waals surface area contributed by atoms with E-state index in [9.17, 15) is 15.2 Å². The highest BCUT2D eigenvalue weighted by Crippen LogP contribution is 2.35. The summed E-state index contributed by atoms with van der Waals surface area (Å²) in [4.78, 5) is 17.9. The predicted molar refractivity (Wildman–Crippen MR) is 77.0 cm³/mol. The minimum absolute atomic E-state index is 0.186. The molecule has 1 N–H and O–H groups in total. The van der Waals surface area contributed by atoms with E-state index in [1.54, 1.807) is 38.1 Å². The first-order valence-electron chi connectivity index (χ1n) is 6.37. The van der Waals surface area contributed by atoms with Crippen LogP contribution in [-0.2, 0) is 5.60 Å². The van der Waals surface area contributed by atoms with Gasteiger partial charge in [-0.3, -0.25) is 10.1 Å². The first-order chi connectivity index (χ1) is 10.3. The molecule has 0 unspecified atom stereocenters. The molecule has 1 heterocycles. The third-order valence-electron chi connectivity index (χ3n) is 2.89. The van der Waals surface area contributed by atoms with Crippen molar-refractivity contribution in [1.82, 2.24) is 9.97 Å². The van der Waals surface area contributed by atoms with Crippen molar-refractivity contribution in [3.63, 3.8) is 0 Å². The van der Waals surface area contributed by atoms with Gasteiger partial charge in [0.25, 0.3) is 0 Å². The van der Waals surface area contributed by atoms with E-state index in [4.69, 9.17) is 9.47 Å². The van der Waals surface area contributed by atoms with Crippen LogP contribution < -0.4 is 9.47 Å². The Balaban J connectivity index is 2.42. The molecular weight excluding hydrogens is 290 g/mol. The van der Waals surface area contributed by atoms with Gasteiger partial charge in [0.1, 0.15) is 12.1 Å². The molecule has 0 bridgehead atoms. The van der Waals surface area contributed by atoms with E-state index in [2.05, 4.69) is 9.97 Å². The van der Waals surface area contributed by atoms with Crippen molar-refractivity contribution in [3.8, 4) is 17.5 Å². The number of benzene rings is 1. The van der Waals surface area contributed by atoms with E-state index in [1.807, 2.05) is 0 Å². The molecule has 8 nitrogen and oxygen atoms in total. The van der Waals surface area contributed by atoms with Crippen molar-refractivity contribution in [1.29, 1.82) is 0 Å². The second-order valence-corrected chi connectivity index (χ2v) is 4.98. The van der Waals surface area contributed by atoms with Crippen molar-refractivity contribution in [2.45, 2.75) is 19.4 Å². The largest absolute Gasteiger partial charge is 0.476 e. The number of aliphatic hydroxyl groups is 1. The van der Waals surface area contributed by atoms with Crippen LogP contribution >= 0.6 is 0 Å². The van der Waals surface area contributed by atoms with Gasteiger partial charge in [0.05, 0.1) is 17.6 Å². The zero-order valence-corrected chi connectivity index (χ0v) is 12.3. The van der Waals surface area contributed by atoms with E-state index in [0.717, 1.165) is 6.33 Å². The Hall–Kier alpha value is -2.74. The Morgan fingerprint density at radius 2 is 1.95 bits per heavy atom. The van der Waals surface area contributed by atoms with E-state index in [0.29, 0.717) is 11.3 Å². The van der Waals surface area contributed by atoms with Crippen LogP contribution in [-0.4, -0.2) is 27.1 Å². The summed E-state index contributed by atoms with van der Waals surface area (Å²) in [6, 6.07) is 6.58. The highest BCUT2D eigenvalue weighted by atomic mass is 16.6. The van der Waals surface area contributed by atoms with Crippen molar-refractivity contribution < 1.29 is 19.5 Å². The summed E-state index contributed by atoms with van der Waals surface area (Å²) in [6.07, 6.45) is 1.11. The van der Waals surface area contributed by atoms with Crippen molar-refractivity contribution >= 4 is 5.69 Å². The SMILES string of the molecule is COc1ncnc(Oc2cccc(C(C)(C)O)c2)c1[N+](=O)[O-]. The van der Waals surface area contributed by atoms with Gasteiger partial charge >= 0.3 is 17.4 Å². The van der Waals surface area contributed by atoms with Gasteiger partial charge in [0.2, 0.25) is 0 Å². The van der Waals surface area contributed by atoms with E-state index < -0.39 is 16.2 Å². The highest BCUT2D eigenvalue weighted by molar-refractivity contribution is 5.50. The number of hydrogen-bond donors (Lipinski definition) is 1. The standard InChI is InChI=1S/C14H15N3O5/c1-14(2,18)9-5-4-6-10(7-9)22-13-11(17(19)20)12(21-3)15-8-16-13/h4-8,18H,1-3H3. The second-order valence-electron chi connectivity index (χ2n) is 4.98. The molecule has 0 spiro atoms. The molecule has 0 saturated heterocycles. The molecule has 0 amide bonds. The molecule has 1 aromatic heterocycles. The maximum absolute atomic E-state index is 11.1. The third kappa shape index (κ3) is 3.29. The summed E-state index contributed by atoms with van der Waals surface area (Å²) in [5, 5.41) is 21.1. The summed E-state index contributed by atoms with van der Waals surface area (Å²) in [5.74, 6) is -0.109. The maximum Gasteiger partial charge on any atom is 0.392 e.